The predicted octanol–water partition coefficient (Wildman–Crippen LogP) is 5.76. The van der Waals surface area contributed by atoms with Crippen molar-refractivity contribution in [3.63, 3.8) is 0 Å². The first-order valence-corrected chi connectivity index (χ1v) is 10.7. The number of esters is 1. The van der Waals surface area contributed by atoms with Gasteiger partial charge in [0.2, 0.25) is 0 Å². The molecular weight excluding hydrogens is 423 g/mol. The van der Waals surface area contributed by atoms with Gasteiger partial charge in [-0.1, -0.05) is 18.9 Å². The van der Waals surface area contributed by atoms with Crippen LogP contribution in [-0.4, -0.2) is 25.1 Å². The van der Waals surface area contributed by atoms with Crippen molar-refractivity contribution in [3.05, 3.63) is 59.2 Å². The second-order valence-corrected chi connectivity index (χ2v) is 7.54. The molecule has 5 nitrogen and oxygen atoms in total. The van der Waals surface area contributed by atoms with Gasteiger partial charge in [-0.15, -0.1) is 0 Å². The summed E-state index contributed by atoms with van der Waals surface area (Å²) in [4.78, 5) is 25.6. The Morgan fingerprint density at radius 1 is 1.03 bits per heavy atom. The molecule has 0 aromatic heterocycles. The number of nitrogens with zero attached hydrogens (tertiary/aromatic N) is 1. The number of benzene rings is 2. The monoisotopic (exact) mass is 449 g/mol. The predicted molar refractivity (Wildman–Crippen MR) is 114 cm³/mol. The Morgan fingerprint density at radius 3 is 2.44 bits per heavy atom. The number of hydrogen-bond donors (Lipinski definition) is 0. The Labute approximate surface area is 185 Å². The van der Waals surface area contributed by atoms with E-state index in [9.17, 15) is 22.8 Å². The second-order valence-electron chi connectivity index (χ2n) is 7.54. The fourth-order valence-corrected chi connectivity index (χ4v) is 3.62. The number of halogens is 3. The van der Waals surface area contributed by atoms with E-state index < -0.39 is 11.7 Å². The van der Waals surface area contributed by atoms with Gasteiger partial charge < -0.3 is 14.4 Å². The number of unbranched alkanes of at least 4 members (excludes halogenated alkanes) is 3. The van der Waals surface area contributed by atoms with Gasteiger partial charge in [0, 0.05) is 23.2 Å². The Hall–Kier alpha value is -3.03. The quantitative estimate of drug-likeness (QED) is 0.342. The van der Waals surface area contributed by atoms with Crippen LogP contribution in [0.5, 0.6) is 5.75 Å². The third-order valence-electron chi connectivity index (χ3n) is 5.27. The maximum Gasteiger partial charge on any atom is 0.416 e. The lowest BCUT2D eigenvalue weighted by Gasteiger charge is -2.17. The van der Waals surface area contributed by atoms with Crippen molar-refractivity contribution < 1.29 is 32.2 Å². The van der Waals surface area contributed by atoms with Crippen molar-refractivity contribution in [1.29, 1.82) is 0 Å². The number of anilines is 1. The standard InChI is InChI=1S/C24H26F3NO4/c1-2-31-22(29)10-5-3-4-6-15-32-21-9-7-8-19-20(21)16-28(23(19)30)18-13-11-17(12-14-18)24(25,26)27/h7-9,11-14H,2-6,10,15-16H2,1H3. The van der Waals surface area contributed by atoms with Crippen LogP contribution in [0.3, 0.4) is 0 Å². The van der Waals surface area contributed by atoms with E-state index in [0.717, 1.165) is 43.4 Å². The van der Waals surface area contributed by atoms with Gasteiger partial charge in [0.05, 0.1) is 25.3 Å². The minimum absolute atomic E-state index is 0.175. The second kappa shape index (κ2) is 10.5. The van der Waals surface area contributed by atoms with Crippen LogP contribution < -0.4 is 9.64 Å². The topological polar surface area (TPSA) is 55.8 Å². The highest BCUT2D eigenvalue weighted by atomic mass is 19.4. The molecule has 0 spiro atoms. The van der Waals surface area contributed by atoms with Crippen molar-refractivity contribution in [2.75, 3.05) is 18.1 Å². The highest BCUT2D eigenvalue weighted by Gasteiger charge is 2.33. The van der Waals surface area contributed by atoms with Gasteiger partial charge >= 0.3 is 12.1 Å². The molecular formula is C24H26F3NO4. The molecule has 0 N–H and O–H groups in total. The van der Waals surface area contributed by atoms with E-state index in [1.54, 1.807) is 25.1 Å². The van der Waals surface area contributed by atoms with Gasteiger partial charge in [0.15, 0.2) is 0 Å². The molecule has 1 amide bonds. The van der Waals surface area contributed by atoms with Crippen LogP contribution in [0.25, 0.3) is 0 Å². The van der Waals surface area contributed by atoms with E-state index in [4.69, 9.17) is 9.47 Å². The van der Waals surface area contributed by atoms with E-state index in [1.165, 1.54) is 17.0 Å². The normalized spacial score (nSPS) is 13.2. The Balaban J connectivity index is 1.53. The minimum Gasteiger partial charge on any atom is -0.493 e. The lowest BCUT2D eigenvalue weighted by atomic mass is 10.1. The lowest BCUT2D eigenvalue weighted by Crippen LogP contribution is -2.23. The summed E-state index contributed by atoms with van der Waals surface area (Å²) in [7, 11) is 0. The largest absolute Gasteiger partial charge is 0.493 e. The maximum absolute atomic E-state index is 12.8. The third kappa shape index (κ3) is 5.81. The number of amides is 1. The summed E-state index contributed by atoms with van der Waals surface area (Å²) in [6.45, 7) is 2.90. The zero-order chi connectivity index (χ0) is 23.1. The average Bonchev–Trinajstić information content (AvgIpc) is 3.10. The van der Waals surface area contributed by atoms with Crippen LogP contribution in [0.15, 0.2) is 42.5 Å². The van der Waals surface area contributed by atoms with E-state index >= 15 is 0 Å². The summed E-state index contributed by atoms with van der Waals surface area (Å²) >= 11 is 0. The molecule has 0 saturated carbocycles. The molecule has 0 bridgehead atoms. The Bertz CT molecular complexity index is 941. The molecule has 1 heterocycles. The minimum atomic E-state index is -4.42. The summed E-state index contributed by atoms with van der Waals surface area (Å²) in [5, 5.41) is 0. The third-order valence-corrected chi connectivity index (χ3v) is 5.27. The zero-order valence-electron chi connectivity index (χ0n) is 17.9. The first kappa shape index (κ1) is 23.6. The average molecular weight is 449 g/mol. The number of carbonyl (C=O) groups excluding carboxylic acids is 2. The van der Waals surface area contributed by atoms with E-state index in [2.05, 4.69) is 0 Å². The molecule has 0 aliphatic carbocycles. The van der Waals surface area contributed by atoms with Crippen LogP contribution in [0.1, 0.15) is 60.5 Å². The number of hydrogen-bond acceptors (Lipinski definition) is 4. The molecule has 1 aliphatic heterocycles. The Morgan fingerprint density at radius 2 is 1.75 bits per heavy atom. The molecule has 32 heavy (non-hydrogen) atoms. The molecule has 0 unspecified atom stereocenters. The highest BCUT2D eigenvalue weighted by molar-refractivity contribution is 6.10. The summed E-state index contributed by atoms with van der Waals surface area (Å²) in [6, 6.07) is 9.80. The molecule has 172 valence electrons. The SMILES string of the molecule is CCOC(=O)CCCCCCOc1cccc2c1CN(c1ccc(C(F)(F)F)cc1)C2=O. The Kier molecular flexibility index (Phi) is 7.77. The van der Waals surface area contributed by atoms with Gasteiger partial charge in [0.1, 0.15) is 5.75 Å². The first-order valence-electron chi connectivity index (χ1n) is 10.7. The molecule has 0 fully saturated rings. The highest BCUT2D eigenvalue weighted by Crippen LogP contribution is 2.36. The van der Waals surface area contributed by atoms with E-state index in [-0.39, 0.29) is 18.4 Å². The van der Waals surface area contributed by atoms with Crippen LogP contribution >= 0.6 is 0 Å². The van der Waals surface area contributed by atoms with Crippen molar-refractivity contribution in [3.8, 4) is 5.75 Å². The molecule has 2 aromatic carbocycles. The summed E-state index contributed by atoms with van der Waals surface area (Å²) in [6.07, 6.45) is -0.612. The molecule has 0 saturated heterocycles. The molecule has 2 aromatic rings. The molecule has 0 radical (unpaired) electrons. The maximum atomic E-state index is 12.8. The van der Waals surface area contributed by atoms with E-state index in [0.29, 0.717) is 36.6 Å². The van der Waals surface area contributed by atoms with Crippen molar-refractivity contribution in [1.82, 2.24) is 0 Å². The molecule has 3 rings (SSSR count). The van der Waals surface area contributed by atoms with Crippen LogP contribution in [0.4, 0.5) is 18.9 Å². The first-order chi connectivity index (χ1) is 15.3. The van der Waals surface area contributed by atoms with Crippen molar-refractivity contribution in [2.24, 2.45) is 0 Å². The molecule has 0 atom stereocenters. The van der Waals surface area contributed by atoms with Gasteiger partial charge in [-0.05, 0) is 56.2 Å². The summed E-state index contributed by atoms with van der Waals surface area (Å²) in [5.74, 6) is 0.173. The fourth-order valence-electron chi connectivity index (χ4n) is 3.62. The lowest BCUT2D eigenvalue weighted by molar-refractivity contribution is -0.143. The molecule has 1 aliphatic rings. The van der Waals surface area contributed by atoms with Gasteiger partial charge in [-0.25, -0.2) is 0 Å². The number of rotatable bonds is 10. The number of ether oxygens (including phenoxy) is 2. The smallest absolute Gasteiger partial charge is 0.416 e. The zero-order valence-corrected chi connectivity index (χ0v) is 17.9. The van der Waals surface area contributed by atoms with Crippen LogP contribution in [-0.2, 0) is 22.3 Å². The van der Waals surface area contributed by atoms with Gasteiger partial charge in [-0.2, -0.15) is 13.2 Å². The fraction of sp³-hybridized carbons (Fsp3) is 0.417. The van der Waals surface area contributed by atoms with Crippen molar-refractivity contribution in [2.45, 2.75) is 51.7 Å². The van der Waals surface area contributed by atoms with E-state index in [1.807, 2.05) is 0 Å². The number of carbonyl (C=O) groups is 2. The van der Waals surface area contributed by atoms with Crippen molar-refractivity contribution >= 4 is 17.6 Å². The number of alkyl halides is 3. The van der Waals surface area contributed by atoms with Crippen LogP contribution in [0, 0.1) is 0 Å². The van der Waals surface area contributed by atoms with Gasteiger partial charge in [0.25, 0.3) is 5.91 Å². The summed E-state index contributed by atoms with van der Waals surface area (Å²) < 4.78 is 49.2. The molecule has 8 heteroatoms. The number of fused-ring (bicyclic) bond motifs is 1. The summed E-state index contributed by atoms with van der Waals surface area (Å²) in [5.41, 5.74) is 0.889. The van der Waals surface area contributed by atoms with Crippen LogP contribution in [0.2, 0.25) is 0 Å². The van der Waals surface area contributed by atoms with Gasteiger partial charge in [-0.3, -0.25) is 9.59 Å².